The van der Waals surface area contributed by atoms with Gasteiger partial charge in [0.25, 0.3) is 0 Å². The maximum atomic E-state index is 5.63. The van der Waals surface area contributed by atoms with Crippen LogP contribution in [0.15, 0.2) is 36.5 Å². The highest BCUT2D eigenvalue weighted by Crippen LogP contribution is 2.25. The third-order valence-electron chi connectivity index (χ3n) is 2.96. The molecule has 0 aliphatic carbocycles. The number of nitrogens with two attached hydrogens (primary N) is 1. The zero-order valence-corrected chi connectivity index (χ0v) is 12.5. The van der Waals surface area contributed by atoms with Crippen molar-refractivity contribution < 1.29 is 0 Å². The first-order chi connectivity index (χ1) is 9.58. The van der Waals surface area contributed by atoms with E-state index in [1.165, 1.54) is 0 Å². The molecule has 4 nitrogen and oxygen atoms in total. The summed E-state index contributed by atoms with van der Waals surface area (Å²) in [6.45, 7) is 4.59. The molecule has 0 amide bonds. The van der Waals surface area contributed by atoms with E-state index >= 15 is 0 Å². The topological polar surface area (TPSA) is 55.0 Å². The number of para-hydroxylation sites is 1. The van der Waals surface area contributed by atoms with Gasteiger partial charge >= 0.3 is 0 Å². The molecule has 0 aliphatic heterocycles. The fraction of sp³-hybridized carbons (Fsp3) is 0.267. The first kappa shape index (κ1) is 14.4. The lowest BCUT2D eigenvalue weighted by molar-refractivity contribution is 0.910. The van der Waals surface area contributed by atoms with E-state index in [2.05, 4.69) is 14.9 Å². The summed E-state index contributed by atoms with van der Waals surface area (Å²) < 4.78 is 0. The molecule has 0 unspecified atom stereocenters. The van der Waals surface area contributed by atoms with Gasteiger partial charge in [0.15, 0.2) is 5.82 Å². The number of rotatable bonds is 5. The van der Waals surface area contributed by atoms with E-state index in [4.69, 9.17) is 18.0 Å². The normalized spacial score (nSPS) is 10.3. The second-order valence-electron chi connectivity index (χ2n) is 4.62. The highest BCUT2D eigenvalue weighted by molar-refractivity contribution is 7.80. The fourth-order valence-corrected chi connectivity index (χ4v) is 2.06. The van der Waals surface area contributed by atoms with E-state index in [9.17, 15) is 0 Å². The molecule has 104 valence electrons. The molecule has 2 aromatic rings. The van der Waals surface area contributed by atoms with Crippen molar-refractivity contribution in [3.8, 4) is 0 Å². The molecule has 2 rings (SSSR count). The number of hydrogen-bond donors (Lipinski definition) is 1. The summed E-state index contributed by atoms with van der Waals surface area (Å²) in [4.78, 5) is 11.6. The third kappa shape index (κ3) is 3.51. The maximum absolute atomic E-state index is 5.63. The summed E-state index contributed by atoms with van der Waals surface area (Å²) in [5.41, 5.74) is 8.48. The van der Waals surface area contributed by atoms with Crippen molar-refractivity contribution >= 4 is 28.7 Å². The van der Waals surface area contributed by atoms with Gasteiger partial charge in [-0.25, -0.2) is 4.98 Å². The first-order valence-electron chi connectivity index (χ1n) is 6.49. The Morgan fingerprint density at radius 2 is 1.95 bits per heavy atom. The molecule has 1 aromatic carbocycles. The molecule has 5 heteroatoms. The summed E-state index contributed by atoms with van der Waals surface area (Å²) >= 11 is 4.99. The lowest BCUT2D eigenvalue weighted by Gasteiger charge is -2.25. The molecule has 0 bridgehead atoms. The van der Waals surface area contributed by atoms with Crippen LogP contribution in [0.25, 0.3) is 0 Å². The number of hydrogen-bond acceptors (Lipinski definition) is 4. The van der Waals surface area contributed by atoms with Crippen molar-refractivity contribution in [1.29, 1.82) is 0 Å². The highest BCUT2D eigenvalue weighted by atomic mass is 32.1. The molecule has 0 aliphatic rings. The van der Waals surface area contributed by atoms with Crippen molar-refractivity contribution in [3.05, 3.63) is 47.9 Å². The summed E-state index contributed by atoms with van der Waals surface area (Å²) in [5, 5.41) is 0. The van der Waals surface area contributed by atoms with Gasteiger partial charge < -0.3 is 10.6 Å². The van der Waals surface area contributed by atoms with E-state index in [1.54, 1.807) is 6.20 Å². The second-order valence-corrected chi connectivity index (χ2v) is 5.15. The minimum Gasteiger partial charge on any atom is -0.393 e. The summed E-state index contributed by atoms with van der Waals surface area (Å²) in [5.74, 6) is 0.854. The van der Waals surface area contributed by atoms with Crippen LogP contribution < -0.4 is 10.6 Å². The Bertz CT molecular complexity index is 598. The van der Waals surface area contributed by atoms with Crippen molar-refractivity contribution in [3.63, 3.8) is 0 Å². The predicted octanol–water partition coefficient (Wildman–Crippen LogP) is 2.91. The van der Waals surface area contributed by atoms with Crippen LogP contribution in [0.3, 0.4) is 0 Å². The lowest BCUT2D eigenvalue weighted by atomic mass is 10.2. The molecule has 0 saturated carbocycles. The SMILES string of the molecule is Cc1cnc(C)c(N(CCC(N)=S)c2ccccc2)n1. The van der Waals surface area contributed by atoms with Crippen molar-refractivity contribution in [2.75, 3.05) is 11.4 Å². The number of aryl methyl sites for hydroxylation is 2. The third-order valence-corrected chi connectivity index (χ3v) is 3.16. The minimum absolute atomic E-state index is 0.504. The van der Waals surface area contributed by atoms with Crippen molar-refractivity contribution in [2.45, 2.75) is 20.3 Å². The van der Waals surface area contributed by atoms with Gasteiger partial charge in [-0.1, -0.05) is 30.4 Å². The van der Waals surface area contributed by atoms with Crippen LogP contribution >= 0.6 is 12.2 Å². The summed E-state index contributed by atoms with van der Waals surface area (Å²) in [6.07, 6.45) is 2.41. The molecule has 0 spiro atoms. The predicted molar refractivity (Wildman–Crippen MR) is 86.4 cm³/mol. The Balaban J connectivity index is 2.40. The van der Waals surface area contributed by atoms with Gasteiger partial charge in [-0.05, 0) is 26.0 Å². The zero-order chi connectivity index (χ0) is 14.5. The zero-order valence-electron chi connectivity index (χ0n) is 11.7. The molecule has 0 radical (unpaired) electrons. The van der Waals surface area contributed by atoms with Crippen LogP contribution in [0.1, 0.15) is 17.8 Å². The van der Waals surface area contributed by atoms with Gasteiger partial charge in [0.2, 0.25) is 0 Å². The highest BCUT2D eigenvalue weighted by Gasteiger charge is 2.14. The molecule has 2 N–H and O–H groups in total. The van der Waals surface area contributed by atoms with Crippen LogP contribution in [-0.4, -0.2) is 21.5 Å². The molecule has 0 atom stereocenters. The number of anilines is 2. The Labute approximate surface area is 124 Å². The van der Waals surface area contributed by atoms with Crippen LogP contribution in [0.5, 0.6) is 0 Å². The van der Waals surface area contributed by atoms with Crippen LogP contribution in [0.4, 0.5) is 11.5 Å². The van der Waals surface area contributed by atoms with E-state index in [1.807, 2.05) is 44.2 Å². The van der Waals surface area contributed by atoms with Crippen molar-refractivity contribution in [1.82, 2.24) is 9.97 Å². The molecular formula is C15H18N4S. The van der Waals surface area contributed by atoms with Gasteiger partial charge in [0.1, 0.15) is 0 Å². The number of benzene rings is 1. The van der Waals surface area contributed by atoms with Crippen LogP contribution in [0.2, 0.25) is 0 Å². The lowest BCUT2D eigenvalue weighted by Crippen LogP contribution is -2.25. The smallest absolute Gasteiger partial charge is 0.154 e. The van der Waals surface area contributed by atoms with Gasteiger partial charge in [-0.15, -0.1) is 0 Å². The Morgan fingerprint density at radius 3 is 2.60 bits per heavy atom. The van der Waals surface area contributed by atoms with Gasteiger partial charge in [0, 0.05) is 24.8 Å². The van der Waals surface area contributed by atoms with Gasteiger partial charge in [0.05, 0.1) is 16.4 Å². The molecule has 0 saturated heterocycles. The molecule has 0 fully saturated rings. The standard InChI is InChI=1S/C15H18N4S/c1-11-10-17-12(2)15(18-11)19(9-8-14(16)20)13-6-4-3-5-7-13/h3-7,10H,8-9H2,1-2H3,(H2,16,20). The van der Waals surface area contributed by atoms with E-state index in [0.29, 0.717) is 18.0 Å². The monoisotopic (exact) mass is 286 g/mol. The molecule has 1 aromatic heterocycles. The van der Waals surface area contributed by atoms with Gasteiger partial charge in [-0.3, -0.25) is 4.98 Å². The van der Waals surface area contributed by atoms with Crippen LogP contribution in [-0.2, 0) is 0 Å². The van der Waals surface area contributed by atoms with Gasteiger partial charge in [-0.2, -0.15) is 0 Å². The fourth-order valence-electron chi connectivity index (χ4n) is 1.97. The summed E-state index contributed by atoms with van der Waals surface area (Å²) in [6, 6.07) is 10.1. The van der Waals surface area contributed by atoms with Crippen LogP contribution in [0, 0.1) is 13.8 Å². The summed E-state index contributed by atoms with van der Waals surface area (Å²) in [7, 11) is 0. The second kappa shape index (κ2) is 6.43. The molecule has 20 heavy (non-hydrogen) atoms. The average molecular weight is 286 g/mol. The minimum atomic E-state index is 0.504. The number of thiocarbonyl (C=S) groups is 1. The Kier molecular flexibility index (Phi) is 4.63. The Morgan fingerprint density at radius 1 is 1.25 bits per heavy atom. The van der Waals surface area contributed by atoms with E-state index in [0.717, 1.165) is 22.9 Å². The number of aromatic nitrogens is 2. The Hall–Kier alpha value is -2.01. The largest absolute Gasteiger partial charge is 0.393 e. The van der Waals surface area contributed by atoms with E-state index in [-0.39, 0.29) is 0 Å². The average Bonchev–Trinajstić information content (AvgIpc) is 2.43. The van der Waals surface area contributed by atoms with E-state index < -0.39 is 0 Å². The van der Waals surface area contributed by atoms with Crippen molar-refractivity contribution in [2.24, 2.45) is 5.73 Å². The molecular weight excluding hydrogens is 268 g/mol. The maximum Gasteiger partial charge on any atom is 0.154 e. The molecule has 1 heterocycles. The quantitative estimate of drug-likeness (QED) is 0.857. The number of nitrogens with zero attached hydrogens (tertiary/aromatic N) is 3. The first-order valence-corrected chi connectivity index (χ1v) is 6.90.